The van der Waals surface area contributed by atoms with Gasteiger partial charge in [0.05, 0.1) is 20.1 Å². The number of rotatable bonds is 7. The summed E-state index contributed by atoms with van der Waals surface area (Å²) in [5.41, 5.74) is 1.17. The second kappa shape index (κ2) is 8.71. The van der Waals surface area contributed by atoms with Crippen LogP contribution in [0.2, 0.25) is 0 Å². The van der Waals surface area contributed by atoms with E-state index in [2.05, 4.69) is 5.32 Å². The van der Waals surface area contributed by atoms with Crippen molar-refractivity contribution in [1.82, 2.24) is 5.32 Å². The molecule has 0 radical (unpaired) electrons. The number of nitrogens with one attached hydrogen (secondary N) is 1. The van der Waals surface area contributed by atoms with Gasteiger partial charge in [-0.2, -0.15) is 0 Å². The third kappa shape index (κ3) is 4.63. The topological polar surface area (TPSA) is 94.1 Å². The molecule has 0 spiro atoms. The molecular formula is C18H25NO6. The number of aryl methyl sites for hydroxylation is 1. The van der Waals surface area contributed by atoms with Crippen LogP contribution >= 0.6 is 0 Å². The smallest absolute Gasteiger partial charge is 0.308 e. The molecule has 2 N–H and O–H groups in total. The zero-order chi connectivity index (χ0) is 18.4. The Morgan fingerprint density at radius 2 is 1.84 bits per heavy atom. The number of aliphatic carboxylic acids is 1. The molecule has 138 valence electrons. The molecule has 1 fully saturated rings. The summed E-state index contributed by atoms with van der Waals surface area (Å²) >= 11 is 0. The van der Waals surface area contributed by atoms with Crippen molar-refractivity contribution < 1.29 is 28.9 Å². The summed E-state index contributed by atoms with van der Waals surface area (Å²) in [5.74, 6) is -0.820. The fourth-order valence-corrected chi connectivity index (χ4v) is 3.10. The van der Waals surface area contributed by atoms with Gasteiger partial charge in [-0.3, -0.25) is 9.59 Å². The first kappa shape index (κ1) is 19.1. The Bertz CT molecular complexity index is 624. The zero-order valence-corrected chi connectivity index (χ0v) is 14.8. The minimum absolute atomic E-state index is 0.0121. The van der Waals surface area contributed by atoms with Gasteiger partial charge in [0, 0.05) is 25.3 Å². The number of amides is 1. The molecule has 1 saturated heterocycles. The van der Waals surface area contributed by atoms with Crippen LogP contribution in [0.3, 0.4) is 0 Å². The predicted molar refractivity (Wildman–Crippen MR) is 91.3 cm³/mol. The van der Waals surface area contributed by atoms with Crippen molar-refractivity contribution in [3.63, 3.8) is 0 Å². The molecule has 0 bridgehead atoms. The molecule has 0 saturated carbocycles. The van der Waals surface area contributed by atoms with Crippen molar-refractivity contribution in [2.24, 2.45) is 11.8 Å². The second-order valence-electron chi connectivity index (χ2n) is 6.13. The molecule has 1 aromatic carbocycles. The Hall–Kier alpha value is -2.28. The fraction of sp³-hybridized carbons (Fsp3) is 0.556. The molecule has 1 unspecified atom stereocenters. The molecule has 1 aliphatic heterocycles. The average Bonchev–Trinajstić information content (AvgIpc) is 2.62. The summed E-state index contributed by atoms with van der Waals surface area (Å²) in [7, 11) is 3.03. The molecule has 1 aromatic rings. The highest BCUT2D eigenvalue weighted by Gasteiger charge is 2.30. The monoisotopic (exact) mass is 351 g/mol. The molecule has 7 heteroatoms. The Morgan fingerprint density at radius 1 is 1.24 bits per heavy atom. The SMILES string of the molecule is COc1cc(C)c(C(=O)NCC(C(=O)O)C2CCOCC2)cc1OC. The maximum Gasteiger partial charge on any atom is 0.308 e. The van der Waals surface area contributed by atoms with Crippen molar-refractivity contribution in [2.75, 3.05) is 34.0 Å². The predicted octanol–water partition coefficient (Wildman–Crippen LogP) is 1.87. The number of methoxy groups -OCH3 is 2. The Kier molecular flexibility index (Phi) is 6.64. The first-order valence-corrected chi connectivity index (χ1v) is 8.29. The lowest BCUT2D eigenvalue weighted by molar-refractivity contribution is -0.144. The second-order valence-corrected chi connectivity index (χ2v) is 6.13. The summed E-state index contributed by atoms with van der Waals surface area (Å²) in [5, 5.41) is 12.2. The van der Waals surface area contributed by atoms with Crippen molar-refractivity contribution in [2.45, 2.75) is 19.8 Å². The number of hydrogen-bond acceptors (Lipinski definition) is 5. The normalized spacial score (nSPS) is 16.1. The van der Waals surface area contributed by atoms with E-state index in [9.17, 15) is 14.7 Å². The molecular weight excluding hydrogens is 326 g/mol. The molecule has 2 rings (SSSR count). The van der Waals surface area contributed by atoms with Gasteiger partial charge >= 0.3 is 5.97 Å². The maximum atomic E-state index is 12.5. The van der Waals surface area contributed by atoms with E-state index in [1.54, 1.807) is 19.1 Å². The quantitative estimate of drug-likeness (QED) is 0.779. The number of ether oxygens (including phenoxy) is 3. The van der Waals surface area contributed by atoms with E-state index in [1.165, 1.54) is 14.2 Å². The van der Waals surface area contributed by atoms with E-state index in [0.29, 0.717) is 43.1 Å². The number of benzene rings is 1. The first-order chi connectivity index (χ1) is 12.0. The van der Waals surface area contributed by atoms with Crippen LogP contribution in [0.25, 0.3) is 0 Å². The fourth-order valence-electron chi connectivity index (χ4n) is 3.10. The highest BCUT2D eigenvalue weighted by atomic mass is 16.5. The molecule has 1 amide bonds. The van der Waals surface area contributed by atoms with Crippen LogP contribution in [0.4, 0.5) is 0 Å². The molecule has 0 aromatic heterocycles. The standard InChI is InChI=1S/C18H25NO6/c1-11-8-15(23-2)16(24-3)9-13(11)17(20)19-10-14(18(21)22)12-4-6-25-7-5-12/h8-9,12,14H,4-7,10H2,1-3H3,(H,19,20)(H,21,22). The molecule has 25 heavy (non-hydrogen) atoms. The first-order valence-electron chi connectivity index (χ1n) is 8.29. The van der Waals surface area contributed by atoms with E-state index in [0.717, 1.165) is 5.56 Å². The summed E-state index contributed by atoms with van der Waals surface area (Å²) in [6.07, 6.45) is 1.39. The van der Waals surface area contributed by atoms with E-state index in [1.807, 2.05) is 0 Å². The van der Waals surface area contributed by atoms with Crippen molar-refractivity contribution >= 4 is 11.9 Å². The third-order valence-electron chi connectivity index (χ3n) is 4.61. The minimum atomic E-state index is -0.892. The Morgan fingerprint density at radius 3 is 2.40 bits per heavy atom. The van der Waals surface area contributed by atoms with Crippen molar-refractivity contribution in [3.05, 3.63) is 23.3 Å². The van der Waals surface area contributed by atoms with Gasteiger partial charge in [-0.25, -0.2) is 0 Å². The molecule has 1 atom stereocenters. The van der Waals surface area contributed by atoms with Gasteiger partial charge in [0.15, 0.2) is 11.5 Å². The van der Waals surface area contributed by atoms with Crippen LogP contribution in [-0.2, 0) is 9.53 Å². The highest BCUT2D eigenvalue weighted by molar-refractivity contribution is 5.96. The van der Waals surface area contributed by atoms with E-state index in [4.69, 9.17) is 14.2 Å². The Labute approximate surface area is 147 Å². The van der Waals surface area contributed by atoms with Crippen LogP contribution in [0, 0.1) is 18.8 Å². The van der Waals surface area contributed by atoms with Gasteiger partial charge in [-0.05, 0) is 43.4 Å². The van der Waals surface area contributed by atoms with E-state index < -0.39 is 11.9 Å². The summed E-state index contributed by atoms with van der Waals surface area (Å²) in [6.45, 7) is 3.02. The molecule has 1 heterocycles. The zero-order valence-electron chi connectivity index (χ0n) is 14.8. The van der Waals surface area contributed by atoms with Crippen LogP contribution in [0.5, 0.6) is 11.5 Å². The molecule has 0 aliphatic carbocycles. The largest absolute Gasteiger partial charge is 0.493 e. The number of carbonyl (C=O) groups excluding carboxylic acids is 1. The number of carboxylic acids is 1. The number of hydrogen-bond donors (Lipinski definition) is 2. The van der Waals surface area contributed by atoms with Crippen LogP contribution in [0.1, 0.15) is 28.8 Å². The maximum absolute atomic E-state index is 12.5. The average molecular weight is 351 g/mol. The summed E-state index contributed by atoms with van der Waals surface area (Å²) in [6, 6.07) is 3.33. The van der Waals surface area contributed by atoms with Gasteiger partial charge in [0.1, 0.15) is 0 Å². The number of carbonyl (C=O) groups is 2. The van der Waals surface area contributed by atoms with E-state index >= 15 is 0 Å². The minimum Gasteiger partial charge on any atom is -0.493 e. The summed E-state index contributed by atoms with van der Waals surface area (Å²) in [4.78, 5) is 24.1. The number of carboxylic acid groups (broad SMARTS) is 1. The lowest BCUT2D eigenvalue weighted by Crippen LogP contribution is -2.39. The molecule has 1 aliphatic rings. The van der Waals surface area contributed by atoms with Crippen LogP contribution in [0.15, 0.2) is 12.1 Å². The Balaban J connectivity index is 2.09. The van der Waals surface area contributed by atoms with Crippen LogP contribution in [-0.4, -0.2) is 51.0 Å². The van der Waals surface area contributed by atoms with Crippen molar-refractivity contribution in [1.29, 1.82) is 0 Å². The van der Waals surface area contributed by atoms with Gasteiger partial charge in [-0.1, -0.05) is 0 Å². The van der Waals surface area contributed by atoms with E-state index in [-0.39, 0.29) is 18.4 Å². The van der Waals surface area contributed by atoms with Gasteiger partial charge in [-0.15, -0.1) is 0 Å². The lowest BCUT2D eigenvalue weighted by atomic mass is 9.86. The van der Waals surface area contributed by atoms with Crippen molar-refractivity contribution in [3.8, 4) is 11.5 Å². The van der Waals surface area contributed by atoms with Crippen LogP contribution < -0.4 is 14.8 Å². The lowest BCUT2D eigenvalue weighted by Gasteiger charge is -2.27. The summed E-state index contributed by atoms with van der Waals surface area (Å²) < 4.78 is 15.7. The third-order valence-corrected chi connectivity index (χ3v) is 4.61. The van der Waals surface area contributed by atoms with Gasteiger partial charge in [0.2, 0.25) is 0 Å². The highest BCUT2D eigenvalue weighted by Crippen LogP contribution is 2.30. The molecule has 7 nitrogen and oxygen atoms in total. The van der Waals surface area contributed by atoms with Gasteiger partial charge < -0.3 is 24.6 Å². The van der Waals surface area contributed by atoms with Gasteiger partial charge in [0.25, 0.3) is 5.91 Å².